The smallest absolute Gasteiger partial charge is 0.0448 e. The molecule has 1 unspecified atom stereocenters. The topological polar surface area (TPSA) is 12.0 Å². The van der Waals surface area contributed by atoms with Crippen molar-refractivity contribution in [2.24, 2.45) is 5.92 Å². The number of thiophene rings is 1. The first-order valence-corrected chi connectivity index (χ1v) is 10.6. The van der Waals surface area contributed by atoms with Crippen molar-refractivity contribution in [3.05, 3.63) is 16.8 Å². The molecule has 0 aliphatic rings. The predicted molar refractivity (Wildman–Crippen MR) is 103 cm³/mol. The van der Waals surface area contributed by atoms with E-state index in [1.165, 1.54) is 82.7 Å². The number of nitrogens with one attached hydrogen (secondary N) is 1. The van der Waals surface area contributed by atoms with Gasteiger partial charge in [-0.15, -0.1) is 0 Å². The molecule has 1 heterocycles. The third kappa shape index (κ3) is 10.3. The molecule has 128 valence electrons. The van der Waals surface area contributed by atoms with Gasteiger partial charge in [0.25, 0.3) is 0 Å². The molecule has 0 aliphatic heterocycles. The van der Waals surface area contributed by atoms with E-state index in [9.17, 15) is 0 Å². The van der Waals surface area contributed by atoms with Gasteiger partial charge in [0.05, 0.1) is 0 Å². The minimum Gasteiger partial charge on any atom is -0.384 e. The van der Waals surface area contributed by atoms with Gasteiger partial charge in [-0.2, -0.15) is 11.3 Å². The van der Waals surface area contributed by atoms with Crippen molar-refractivity contribution in [1.29, 1.82) is 0 Å². The van der Waals surface area contributed by atoms with Gasteiger partial charge in [-0.05, 0) is 30.2 Å². The summed E-state index contributed by atoms with van der Waals surface area (Å²) in [5, 5.41) is 8.02. The van der Waals surface area contributed by atoms with Crippen molar-refractivity contribution < 1.29 is 0 Å². The zero-order chi connectivity index (χ0) is 15.9. The van der Waals surface area contributed by atoms with Crippen LogP contribution in [0, 0.1) is 5.92 Å². The number of anilines is 1. The Hall–Kier alpha value is -0.500. The summed E-state index contributed by atoms with van der Waals surface area (Å²) < 4.78 is 0. The van der Waals surface area contributed by atoms with Crippen molar-refractivity contribution in [2.75, 3.05) is 11.9 Å². The summed E-state index contributed by atoms with van der Waals surface area (Å²) in [4.78, 5) is 0. The number of hydrogen-bond donors (Lipinski definition) is 1. The first-order valence-electron chi connectivity index (χ1n) is 9.62. The lowest BCUT2D eigenvalue weighted by Crippen LogP contribution is -2.14. The van der Waals surface area contributed by atoms with Crippen LogP contribution >= 0.6 is 11.3 Å². The maximum absolute atomic E-state index is 3.64. The average Bonchev–Trinajstić information content (AvgIpc) is 3.05. The summed E-state index contributed by atoms with van der Waals surface area (Å²) in [5.74, 6) is 0.864. The minimum atomic E-state index is 0.864. The molecule has 22 heavy (non-hydrogen) atoms. The second-order valence-electron chi connectivity index (χ2n) is 6.66. The summed E-state index contributed by atoms with van der Waals surface area (Å²) in [6.07, 6.45) is 16.9. The van der Waals surface area contributed by atoms with E-state index in [-0.39, 0.29) is 0 Å². The quantitative estimate of drug-likeness (QED) is 0.329. The van der Waals surface area contributed by atoms with Crippen LogP contribution in [-0.2, 0) is 0 Å². The largest absolute Gasteiger partial charge is 0.384 e. The van der Waals surface area contributed by atoms with Gasteiger partial charge in [0.15, 0.2) is 0 Å². The molecule has 1 nitrogen and oxygen atoms in total. The SMILES string of the molecule is CCCCCCCCC(CCCCCC)CNc1ccsc1. The maximum Gasteiger partial charge on any atom is 0.0448 e. The molecule has 0 aliphatic carbocycles. The summed E-state index contributed by atoms with van der Waals surface area (Å²) >= 11 is 1.78. The Balaban J connectivity index is 2.17. The Labute approximate surface area is 142 Å². The normalized spacial score (nSPS) is 12.5. The van der Waals surface area contributed by atoms with Gasteiger partial charge in [0, 0.05) is 17.6 Å². The molecule has 2 heteroatoms. The molecule has 0 saturated carbocycles. The van der Waals surface area contributed by atoms with Crippen LogP contribution in [0.5, 0.6) is 0 Å². The van der Waals surface area contributed by atoms with E-state index in [4.69, 9.17) is 0 Å². The second kappa shape index (κ2) is 14.1. The Kier molecular flexibility index (Phi) is 12.5. The molecule has 0 spiro atoms. The predicted octanol–water partition coefficient (Wildman–Crippen LogP) is 7.50. The molecular weight excluding hydrogens is 286 g/mol. The lowest BCUT2D eigenvalue weighted by molar-refractivity contribution is 0.420. The van der Waals surface area contributed by atoms with Crippen molar-refractivity contribution in [3.63, 3.8) is 0 Å². The van der Waals surface area contributed by atoms with Crippen molar-refractivity contribution in [2.45, 2.75) is 90.9 Å². The number of hydrogen-bond acceptors (Lipinski definition) is 2. The van der Waals surface area contributed by atoms with E-state index in [2.05, 4.69) is 36.0 Å². The molecule has 1 aromatic heterocycles. The highest BCUT2D eigenvalue weighted by atomic mass is 32.1. The second-order valence-corrected chi connectivity index (χ2v) is 7.44. The van der Waals surface area contributed by atoms with Crippen LogP contribution in [0.2, 0.25) is 0 Å². The third-order valence-corrected chi connectivity index (χ3v) is 5.23. The van der Waals surface area contributed by atoms with Crippen LogP contribution in [0.3, 0.4) is 0 Å². The monoisotopic (exact) mass is 323 g/mol. The molecule has 0 amide bonds. The zero-order valence-electron chi connectivity index (χ0n) is 14.9. The van der Waals surface area contributed by atoms with E-state index in [0.717, 1.165) is 12.5 Å². The first kappa shape index (κ1) is 19.5. The zero-order valence-corrected chi connectivity index (χ0v) is 15.7. The number of unbranched alkanes of at least 4 members (excludes halogenated alkanes) is 8. The standard InChI is InChI=1S/C20H37NS/c1-3-5-7-9-10-12-14-19(13-11-8-6-4-2)17-21-20-15-16-22-18-20/h15-16,18-19,21H,3-14,17H2,1-2H3. The van der Waals surface area contributed by atoms with Gasteiger partial charge < -0.3 is 5.32 Å². The van der Waals surface area contributed by atoms with E-state index < -0.39 is 0 Å². The molecule has 1 atom stereocenters. The van der Waals surface area contributed by atoms with Crippen molar-refractivity contribution in [3.8, 4) is 0 Å². The van der Waals surface area contributed by atoms with Crippen LogP contribution in [0.25, 0.3) is 0 Å². The highest BCUT2D eigenvalue weighted by molar-refractivity contribution is 7.08. The molecule has 0 radical (unpaired) electrons. The molecule has 1 N–H and O–H groups in total. The molecule has 0 aromatic carbocycles. The summed E-state index contributed by atoms with van der Waals surface area (Å²) in [6, 6.07) is 2.20. The Morgan fingerprint density at radius 3 is 2.05 bits per heavy atom. The van der Waals surface area contributed by atoms with Gasteiger partial charge in [0.1, 0.15) is 0 Å². The molecule has 1 aromatic rings. The van der Waals surface area contributed by atoms with E-state index in [1.54, 1.807) is 11.3 Å². The lowest BCUT2D eigenvalue weighted by Gasteiger charge is -2.18. The van der Waals surface area contributed by atoms with Gasteiger partial charge in [-0.1, -0.05) is 78.1 Å². The fourth-order valence-electron chi connectivity index (χ4n) is 3.05. The summed E-state index contributed by atoms with van der Waals surface area (Å²) in [6.45, 7) is 5.76. The van der Waals surface area contributed by atoms with Gasteiger partial charge in [-0.3, -0.25) is 0 Å². The van der Waals surface area contributed by atoms with Crippen LogP contribution in [-0.4, -0.2) is 6.54 Å². The average molecular weight is 324 g/mol. The van der Waals surface area contributed by atoms with Crippen molar-refractivity contribution >= 4 is 17.0 Å². The molecule has 0 bridgehead atoms. The molecule has 0 saturated heterocycles. The van der Waals surface area contributed by atoms with Crippen LogP contribution in [0.15, 0.2) is 16.8 Å². The van der Waals surface area contributed by atoms with Crippen molar-refractivity contribution in [1.82, 2.24) is 0 Å². The summed E-state index contributed by atoms with van der Waals surface area (Å²) in [5.41, 5.74) is 1.31. The minimum absolute atomic E-state index is 0.864. The van der Waals surface area contributed by atoms with Crippen LogP contribution < -0.4 is 5.32 Å². The molecule has 0 fully saturated rings. The lowest BCUT2D eigenvalue weighted by atomic mass is 9.94. The maximum atomic E-state index is 3.64. The molecule has 1 rings (SSSR count). The Morgan fingerprint density at radius 2 is 1.45 bits per heavy atom. The van der Waals surface area contributed by atoms with E-state index in [1.807, 2.05) is 0 Å². The first-order chi connectivity index (χ1) is 10.9. The van der Waals surface area contributed by atoms with Crippen LogP contribution in [0.4, 0.5) is 5.69 Å². The van der Waals surface area contributed by atoms with E-state index >= 15 is 0 Å². The fourth-order valence-corrected chi connectivity index (χ4v) is 3.66. The van der Waals surface area contributed by atoms with Gasteiger partial charge in [0.2, 0.25) is 0 Å². The highest BCUT2D eigenvalue weighted by Gasteiger charge is 2.08. The van der Waals surface area contributed by atoms with Crippen LogP contribution in [0.1, 0.15) is 90.9 Å². The number of rotatable bonds is 15. The Morgan fingerprint density at radius 1 is 0.864 bits per heavy atom. The fraction of sp³-hybridized carbons (Fsp3) is 0.800. The molecular formula is C20H37NS. The van der Waals surface area contributed by atoms with Gasteiger partial charge in [-0.25, -0.2) is 0 Å². The Bertz CT molecular complexity index is 320. The highest BCUT2D eigenvalue weighted by Crippen LogP contribution is 2.20. The van der Waals surface area contributed by atoms with E-state index in [0.29, 0.717) is 0 Å². The third-order valence-electron chi connectivity index (χ3n) is 4.55. The summed E-state index contributed by atoms with van der Waals surface area (Å²) in [7, 11) is 0. The van der Waals surface area contributed by atoms with Gasteiger partial charge >= 0.3 is 0 Å².